The summed E-state index contributed by atoms with van der Waals surface area (Å²) in [6.07, 6.45) is 0. The molecule has 0 amide bonds. The highest BCUT2D eigenvalue weighted by atomic mass is 79.9. The van der Waals surface area contributed by atoms with Crippen molar-refractivity contribution in [2.75, 3.05) is 0 Å². The standard InChI is InChI=1S/C13H10BrFO2/c14-10-6-12(16)11(15)7-13(10)17-8-9-4-2-1-3-5-9/h1-7,16H,8H2. The quantitative estimate of drug-likeness (QED) is 0.931. The summed E-state index contributed by atoms with van der Waals surface area (Å²) in [5.41, 5.74) is 0.993. The molecule has 4 heteroatoms. The van der Waals surface area contributed by atoms with Crippen LogP contribution in [-0.2, 0) is 6.61 Å². The van der Waals surface area contributed by atoms with E-state index in [0.29, 0.717) is 16.8 Å². The molecule has 0 unspecified atom stereocenters. The molecule has 0 heterocycles. The van der Waals surface area contributed by atoms with E-state index in [2.05, 4.69) is 15.9 Å². The van der Waals surface area contributed by atoms with Gasteiger partial charge in [-0.2, -0.15) is 0 Å². The predicted molar refractivity (Wildman–Crippen MR) is 66.5 cm³/mol. The van der Waals surface area contributed by atoms with Gasteiger partial charge < -0.3 is 9.84 Å². The molecule has 2 rings (SSSR count). The number of phenols is 1. The minimum atomic E-state index is -0.698. The Hall–Kier alpha value is -1.55. The molecular formula is C13H10BrFO2. The van der Waals surface area contributed by atoms with Crippen LogP contribution in [0.4, 0.5) is 4.39 Å². The van der Waals surface area contributed by atoms with Gasteiger partial charge in [0.15, 0.2) is 11.6 Å². The van der Waals surface area contributed by atoms with Crippen molar-refractivity contribution in [1.82, 2.24) is 0 Å². The average Bonchev–Trinajstić information content (AvgIpc) is 2.33. The highest BCUT2D eigenvalue weighted by Gasteiger charge is 2.08. The Morgan fingerprint density at radius 2 is 1.88 bits per heavy atom. The zero-order valence-corrected chi connectivity index (χ0v) is 10.4. The number of benzene rings is 2. The molecule has 17 heavy (non-hydrogen) atoms. The van der Waals surface area contributed by atoms with E-state index in [1.165, 1.54) is 6.07 Å². The number of rotatable bonds is 3. The SMILES string of the molecule is Oc1cc(Br)c(OCc2ccccc2)cc1F. The number of hydrogen-bond acceptors (Lipinski definition) is 2. The maximum Gasteiger partial charge on any atom is 0.168 e. The van der Waals surface area contributed by atoms with Gasteiger partial charge in [0.25, 0.3) is 0 Å². The summed E-state index contributed by atoms with van der Waals surface area (Å²) >= 11 is 3.20. The third-order valence-electron chi connectivity index (χ3n) is 2.24. The Balaban J connectivity index is 2.12. The van der Waals surface area contributed by atoms with Crippen molar-refractivity contribution in [3.05, 3.63) is 58.3 Å². The van der Waals surface area contributed by atoms with E-state index in [1.54, 1.807) is 0 Å². The summed E-state index contributed by atoms with van der Waals surface area (Å²) < 4.78 is 19.1. The first-order chi connectivity index (χ1) is 8.16. The lowest BCUT2D eigenvalue weighted by Gasteiger charge is -2.09. The van der Waals surface area contributed by atoms with Crippen LogP contribution in [-0.4, -0.2) is 5.11 Å². The highest BCUT2D eigenvalue weighted by molar-refractivity contribution is 9.10. The molecule has 1 N–H and O–H groups in total. The van der Waals surface area contributed by atoms with Crippen molar-refractivity contribution in [3.8, 4) is 11.5 Å². The first-order valence-electron chi connectivity index (χ1n) is 5.01. The summed E-state index contributed by atoms with van der Waals surface area (Å²) in [6.45, 7) is 0.351. The minimum Gasteiger partial charge on any atom is -0.505 e. The fourth-order valence-corrected chi connectivity index (χ4v) is 1.81. The lowest BCUT2D eigenvalue weighted by atomic mass is 10.2. The zero-order chi connectivity index (χ0) is 12.3. The van der Waals surface area contributed by atoms with Crippen molar-refractivity contribution in [1.29, 1.82) is 0 Å². The van der Waals surface area contributed by atoms with E-state index in [0.717, 1.165) is 11.6 Å². The largest absolute Gasteiger partial charge is 0.505 e. The molecule has 2 nitrogen and oxygen atoms in total. The number of hydrogen-bond donors (Lipinski definition) is 1. The maximum absolute atomic E-state index is 13.1. The molecule has 0 aliphatic heterocycles. The number of halogens is 2. The molecule has 0 aliphatic rings. The molecule has 0 fully saturated rings. The van der Waals surface area contributed by atoms with Crippen molar-refractivity contribution >= 4 is 15.9 Å². The third-order valence-corrected chi connectivity index (χ3v) is 2.86. The Kier molecular flexibility index (Phi) is 3.64. The van der Waals surface area contributed by atoms with Gasteiger partial charge in [0, 0.05) is 12.1 Å². The van der Waals surface area contributed by atoms with Crippen LogP contribution in [0.15, 0.2) is 46.9 Å². The molecule has 0 saturated carbocycles. The molecule has 0 atom stereocenters. The lowest BCUT2D eigenvalue weighted by molar-refractivity contribution is 0.301. The van der Waals surface area contributed by atoms with Crippen LogP contribution in [0.25, 0.3) is 0 Å². The second-order valence-corrected chi connectivity index (χ2v) is 4.36. The van der Waals surface area contributed by atoms with Crippen LogP contribution in [0.1, 0.15) is 5.56 Å². The monoisotopic (exact) mass is 296 g/mol. The van der Waals surface area contributed by atoms with Gasteiger partial charge in [-0.1, -0.05) is 30.3 Å². The second kappa shape index (κ2) is 5.19. The Morgan fingerprint density at radius 3 is 2.59 bits per heavy atom. The lowest BCUT2D eigenvalue weighted by Crippen LogP contribution is -1.96. The normalized spacial score (nSPS) is 10.2. The summed E-state index contributed by atoms with van der Waals surface area (Å²) in [4.78, 5) is 0. The minimum absolute atomic E-state index is 0.351. The molecule has 2 aromatic rings. The van der Waals surface area contributed by atoms with E-state index >= 15 is 0 Å². The Morgan fingerprint density at radius 1 is 1.18 bits per heavy atom. The van der Waals surface area contributed by atoms with Crippen molar-refractivity contribution in [2.45, 2.75) is 6.61 Å². The summed E-state index contributed by atoms with van der Waals surface area (Å²) in [5, 5.41) is 9.15. The molecule has 2 aromatic carbocycles. The summed E-state index contributed by atoms with van der Waals surface area (Å²) in [5.74, 6) is -0.732. The van der Waals surface area contributed by atoms with E-state index in [4.69, 9.17) is 9.84 Å². The van der Waals surface area contributed by atoms with Crippen LogP contribution in [0.5, 0.6) is 11.5 Å². The van der Waals surface area contributed by atoms with Crippen LogP contribution < -0.4 is 4.74 Å². The van der Waals surface area contributed by atoms with Crippen LogP contribution in [0, 0.1) is 5.82 Å². The van der Waals surface area contributed by atoms with E-state index in [9.17, 15) is 4.39 Å². The average molecular weight is 297 g/mol. The van der Waals surface area contributed by atoms with Gasteiger partial charge in [-0.15, -0.1) is 0 Å². The first-order valence-corrected chi connectivity index (χ1v) is 5.81. The molecule has 0 bridgehead atoms. The fourth-order valence-electron chi connectivity index (χ4n) is 1.36. The van der Waals surface area contributed by atoms with E-state index in [-0.39, 0.29) is 0 Å². The van der Waals surface area contributed by atoms with Crippen molar-refractivity contribution in [2.24, 2.45) is 0 Å². The highest BCUT2D eigenvalue weighted by Crippen LogP contribution is 2.31. The Labute approximate surface area is 107 Å². The third kappa shape index (κ3) is 2.97. The van der Waals surface area contributed by atoms with E-state index in [1.807, 2.05) is 30.3 Å². The molecule has 88 valence electrons. The molecule has 0 saturated heterocycles. The molecule has 0 aliphatic carbocycles. The summed E-state index contributed by atoms with van der Waals surface area (Å²) in [6, 6.07) is 12.0. The topological polar surface area (TPSA) is 29.5 Å². The van der Waals surface area contributed by atoms with Gasteiger partial charge in [0.1, 0.15) is 12.4 Å². The maximum atomic E-state index is 13.1. The van der Waals surface area contributed by atoms with Gasteiger partial charge in [0.2, 0.25) is 0 Å². The van der Waals surface area contributed by atoms with Gasteiger partial charge in [0.05, 0.1) is 4.47 Å². The van der Waals surface area contributed by atoms with Gasteiger partial charge in [-0.05, 0) is 21.5 Å². The van der Waals surface area contributed by atoms with Crippen molar-refractivity contribution in [3.63, 3.8) is 0 Å². The van der Waals surface area contributed by atoms with Gasteiger partial charge >= 0.3 is 0 Å². The van der Waals surface area contributed by atoms with Crippen LogP contribution in [0.2, 0.25) is 0 Å². The number of aromatic hydroxyl groups is 1. The van der Waals surface area contributed by atoms with Crippen LogP contribution in [0.3, 0.4) is 0 Å². The smallest absolute Gasteiger partial charge is 0.168 e. The van der Waals surface area contributed by atoms with Crippen LogP contribution >= 0.6 is 15.9 Å². The molecule has 0 spiro atoms. The van der Waals surface area contributed by atoms with E-state index < -0.39 is 11.6 Å². The first kappa shape index (κ1) is 11.9. The predicted octanol–water partition coefficient (Wildman–Crippen LogP) is 3.87. The second-order valence-electron chi connectivity index (χ2n) is 3.51. The molecule has 0 radical (unpaired) electrons. The fraction of sp³-hybridized carbons (Fsp3) is 0.0769. The van der Waals surface area contributed by atoms with Gasteiger partial charge in [-0.3, -0.25) is 0 Å². The number of phenolic OH excluding ortho intramolecular Hbond substituents is 1. The summed E-state index contributed by atoms with van der Waals surface area (Å²) in [7, 11) is 0. The number of ether oxygens (including phenoxy) is 1. The van der Waals surface area contributed by atoms with Gasteiger partial charge in [-0.25, -0.2) is 4.39 Å². The molecular weight excluding hydrogens is 287 g/mol. The zero-order valence-electron chi connectivity index (χ0n) is 8.86. The Bertz CT molecular complexity index is 514. The molecule has 0 aromatic heterocycles. The van der Waals surface area contributed by atoms with Crippen molar-refractivity contribution < 1.29 is 14.2 Å².